The lowest BCUT2D eigenvalue weighted by molar-refractivity contribution is -0.121. The zero-order valence-corrected chi connectivity index (χ0v) is 11.6. The maximum Gasteiger partial charge on any atom is 0.220 e. The van der Waals surface area contributed by atoms with Gasteiger partial charge in [-0.25, -0.2) is 13.1 Å². The van der Waals surface area contributed by atoms with Crippen LogP contribution in [0.15, 0.2) is 0 Å². The Morgan fingerprint density at radius 2 is 1.88 bits per heavy atom. The molecule has 0 aliphatic rings. The smallest absolute Gasteiger partial charge is 0.220 e. The molecule has 0 saturated heterocycles. The minimum Gasteiger partial charge on any atom is -0.355 e. The van der Waals surface area contributed by atoms with Crippen molar-refractivity contribution in [2.75, 3.05) is 25.9 Å². The van der Waals surface area contributed by atoms with Crippen molar-refractivity contribution in [3.8, 4) is 0 Å². The molecule has 0 aromatic rings. The molecule has 0 spiro atoms. The first-order valence-corrected chi connectivity index (χ1v) is 7.44. The van der Waals surface area contributed by atoms with E-state index >= 15 is 0 Å². The summed E-state index contributed by atoms with van der Waals surface area (Å²) in [5.74, 6) is -0.193. The van der Waals surface area contributed by atoms with Crippen molar-refractivity contribution in [2.24, 2.45) is 0 Å². The molecule has 102 valence electrons. The molecular weight excluding hydrogens is 242 g/mol. The summed E-state index contributed by atoms with van der Waals surface area (Å²) in [4.78, 5) is 11.3. The number of nitrogens with one attached hydrogen (secondary N) is 3. The Labute approximate surface area is 104 Å². The number of carbonyl (C=O) groups is 1. The number of carbonyl (C=O) groups excluding carboxylic acids is 1. The Balaban J connectivity index is 3.54. The minimum atomic E-state index is -3.23. The van der Waals surface area contributed by atoms with Gasteiger partial charge < -0.3 is 10.6 Å². The summed E-state index contributed by atoms with van der Waals surface area (Å²) in [7, 11) is -1.87. The van der Waals surface area contributed by atoms with Crippen LogP contribution in [0.25, 0.3) is 0 Å². The summed E-state index contributed by atoms with van der Waals surface area (Å²) in [6.07, 6.45) is 1.17. The van der Waals surface area contributed by atoms with Crippen LogP contribution in [-0.2, 0) is 14.8 Å². The number of sulfonamides is 1. The summed E-state index contributed by atoms with van der Waals surface area (Å²) in [6.45, 7) is 5.03. The molecule has 1 amide bonds. The van der Waals surface area contributed by atoms with Crippen LogP contribution in [0, 0.1) is 0 Å². The van der Waals surface area contributed by atoms with E-state index in [0.29, 0.717) is 12.5 Å². The van der Waals surface area contributed by atoms with E-state index in [2.05, 4.69) is 15.4 Å². The van der Waals surface area contributed by atoms with E-state index < -0.39 is 10.0 Å². The number of amides is 1. The highest BCUT2D eigenvalue weighted by Crippen LogP contribution is 1.89. The molecule has 0 saturated carbocycles. The first kappa shape index (κ1) is 16.3. The van der Waals surface area contributed by atoms with Crippen molar-refractivity contribution in [3.05, 3.63) is 0 Å². The molecule has 0 aromatic heterocycles. The van der Waals surface area contributed by atoms with E-state index in [0.717, 1.165) is 13.0 Å². The van der Waals surface area contributed by atoms with Crippen LogP contribution in [0.2, 0.25) is 0 Å². The molecule has 6 nitrogen and oxygen atoms in total. The third-order valence-corrected chi connectivity index (χ3v) is 3.50. The van der Waals surface area contributed by atoms with Gasteiger partial charge in [-0.15, -0.1) is 0 Å². The maximum atomic E-state index is 11.3. The molecular formula is C10H23N3O3S. The third-order valence-electron chi connectivity index (χ3n) is 2.14. The Hall–Kier alpha value is -0.660. The SMILES string of the molecule is CNS(=O)(=O)CCNC(=O)CCCNC(C)C. The highest BCUT2D eigenvalue weighted by molar-refractivity contribution is 7.89. The fourth-order valence-electron chi connectivity index (χ4n) is 1.15. The Bertz CT molecular complexity index is 315. The quantitative estimate of drug-likeness (QED) is 0.487. The van der Waals surface area contributed by atoms with E-state index in [4.69, 9.17) is 0 Å². The van der Waals surface area contributed by atoms with E-state index in [1.807, 2.05) is 13.8 Å². The molecule has 0 unspecified atom stereocenters. The van der Waals surface area contributed by atoms with Crippen LogP contribution in [0.5, 0.6) is 0 Å². The highest BCUT2D eigenvalue weighted by atomic mass is 32.2. The van der Waals surface area contributed by atoms with Crippen molar-refractivity contribution < 1.29 is 13.2 Å². The average Bonchev–Trinajstić information content (AvgIpc) is 2.24. The summed E-state index contributed by atoms with van der Waals surface area (Å²) >= 11 is 0. The van der Waals surface area contributed by atoms with Gasteiger partial charge in [0.15, 0.2) is 0 Å². The second-order valence-electron chi connectivity index (χ2n) is 4.09. The average molecular weight is 265 g/mol. The van der Waals surface area contributed by atoms with Crippen molar-refractivity contribution in [1.29, 1.82) is 0 Å². The van der Waals surface area contributed by atoms with E-state index in [1.54, 1.807) is 0 Å². The molecule has 0 aliphatic carbocycles. The summed E-state index contributed by atoms with van der Waals surface area (Å²) in [5, 5.41) is 5.78. The molecule has 0 heterocycles. The van der Waals surface area contributed by atoms with Crippen LogP contribution in [0.4, 0.5) is 0 Å². The lowest BCUT2D eigenvalue weighted by atomic mass is 10.3. The zero-order chi connectivity index (χ0) is 13.3. The predicted octanol–water partition coefficient (Wildman–Crippen LogP) is -0.570. The van der Waals surface area contributed by atoms with Gasteiger partial charge in [0.1, 0.15) is 0 Å². The molecule has 17 heavy (non-hydrogen) atoms. The lowest BCUT2D eigenvalue weighted by Gasteiger charge is -2.08. The van der Waals surface area contributed by atoms with Gasteiger partial charge in [0, 0.05) is 19.0 Å². The lowest BCUT2D eigenvalue weighted by Crippen LogP contribution is -2.33. The Morgan fingerprint density at radius 3 is 2.41 bits per heavy atom. The van der Waals surface area contributed by atoms with Gasteiger partial charge in [0.2, 0.25) is 15.9 Å². The molecule has 0 aliphatic heterocycles. The Morgan fingerprint density at radius 1 is 1.24 bits per heavy atom. The van der Waals surface area contributed by atoms with Crippen molar-refractivity contribution in [2.45, 2.75) is 32.7 Å². The van der Waals surface area contributed by atoms with Crippen LogP contribution < -0.4 is 15.4 Å². The fourth-order valence-corrected chi connectivity index (χ4v) is 1.73. The third kappa shape index (κ3) is 10.2. The largest absolute Gasteiger partial charge is 0.355 e. The number of rotatable bonds is 9. The second-order valence-corrected chi connectivity index (χ2v) is 6.13. The van der Waals surface area contributed by atoms with E-state index in [-0.39, 0.29) is 18.2 Å². The molecule has 0 fully saturated rings. The highest BCUT2D eigenvalue weighted by Gasteiger charge is 2.07. The number of hydrogen-bond acceptors (Lipinski definition) is 4. The monoisotopic (exact) mass is 265 g/mol. The maximum absolute atomic E-state index is 11.3. The first-order chi connectivity index (χ1) is 7.87. The first-order valence-electron chi connectivity index (χ1n) is 5.78. The molecule has 0 aromatic carbocycles. The van der Waals surface area contributed by atoms with Gasteiger partial charge in [-0.2, -0.15) is 0 Å². The number of hydrogen-bond donors (Lipinski definition) is 3. The normalized spacial score (nSPS) is 11.8. The van der Waals surface area contributed by atoms with Crippen molar-refractivity contribution >= 4 is 15.9 Å². The second kappa shape index (κ2) is 8.43. The fraction of sp³-hybridized carbons (Fsp3) is 0.900. The molecule has 0 radical (unpaired) electrons. The molecule has 7 heteroatoms. The molecule has 0 atom stereocenters. The predicted molar refractivity (Wildman–Crippen MR) is 68.2 cm³/mol. The van der Waals surface area contributed by atoms with Crippen LogP contribution in [0.1, 0.15) is 26.7 Å². The van der Waals surface area contributed by atoms with Crippen molar-refractivity contribution in [3.63, 3.8) is 0 Å². The molecule has 0 rings (SSSR count). The zero-order valence-electron chi connectivity index (χ0n) is 10.7. The molecule has 0 bridgehead atoms. The summed E-state index contributed by atoms with van der Waals surface area (Å²) in [6, 6.07) is 0.416. The van der Waals surface area contributed by atoms with Gasteiger partial charge in [0.05, 0.1) is 5.75 Å². The van der Waals surface area contributed by atoms with E-state index in [9.17, 15) is 13.2 Å². The standard InChI is InChI=1S/C10H23N3O3S/c1-9(2)12-6-4-5-10(14)13-7-8-17(15,16)11-3/h9,11-12H,4-8H2,1-3H3,(H,13,14). The topological polar surface area (TPSA) is 87.3 Å². The summed E-state index contributed by atoms with van der Waals surface area (Å²) < 4.78 is 24.3. The Kier molecular flexibility index (Phi) is 8.11. The van der Waals surface area contributed by atoms with Crippen LogP contribution in [0.3, 0.4) is 0 Å². The van der Waals surface area contributed by atoms with Gasteiger partial charge in [-0.1, -0.05) is 13.8 Å². The molecule has 3 N–H and O–H groups in total. The van der Waals surface area contributed by atoms with Gasteiger partial charge in [0.25, 0.3) is 0 Å². The van der Waals surface area contributed by atoms with Gasteiger partial charge in [-0.3, -0.25) is 4.79 Å². The van der Waals surface area contributed by atoms with E-state index in [1.165, 1.54) is 7.05 Å². The van der Waals surface area contributed by atoms with Gasteiger partial charge >= 0.3 is 0 Å². The van der Waals surface area contributed by atoms with Gasteiger partial charge in [-0.05, 0) is 20.0 Å². The van der Waals surface area contributed by atoms with Crippen LogP contribution in [-0.4, -0.2) is 46.3 Å². The van der Waals surface area contributed by atoms with Crippen molar-refractivity contribution in [1.82, 2.24) is 15.4 Å². The summed E-state index contributed by atoms with van der Waals surface area (Å²) in [5.41, 5.74) is 0. The minimum absolute atomic E-state index is 0.0838. The van der Waals surface area contributed by atoms with Crippen LogP contribution >= 0.6 is 0 Å².